The molecular weight excluding hydrogens is 138 g/mol. The van der Waals surface area contributed by atoms with Gasteiger partial charge in [-0.25, -0.2) is 4.57 Å². The predicted molar refractivity (Wildman–Crippen MR) is 35.5 cm³/mol. The van der Waals surface area contributed by atoms with Crippen molar-refractivity contribution in [2.24, 2.45) is 0 Å². The van der Waals surface area contributed by atoms with Crippen LogP contribution in [0.3, 0.4) is 0 Å². The second-order valence-corrected chi connectivity index (χ2v) is 2.44. The average Bonchev–Trinajstić information content (AvgIpc) is 2.12. The third-order valence-corrected chi connectivity index (χ3v) is 1.87. The van der Waals surface area contributed by atoms with Crippen molar-refractivity contribution in [1.29, 1.82) is 0 Å². The van der Waals surface area contributed by atoms with Gasteiger partial charge in [0.2, 0.25) is 6.41 Å². The molecule has 0 bridgehead atoms. The monoisotopic (exact) mass is 143 g/mol. The highest BCUT2D eigenvalue weighted by Gasteiger charge is 1.97. The number of carbonyl (C=O) groups is 1. The number of nitrogens with zero attached hydrogens (tertiary/aromatic N) is 1. The molecule has 4 heteroatoms. The molecule has 0 aliphatic rings. The highest BCUT2D eigenvalue weighted by Crippen LogP contribution is 1.94. The number of carbonyl (C=O) groups excluding carboxylic acids is 1. The van der Waals surface area contributed by atoms with Gasteiger partial charge in [0.05, 0.1) is 0 Å². The number of thiazole rings is 1. The largest absolute Gasteiger partial charge is 0.313 e. The Kier molecular flexibility index (Phi) is 1.48. The maximum atomic E-state index is 10.6. The Morgan fingerprint density at radius 2 is 2.44 bits per heavy atom. The Morgan fingerprint density at radius 3 is 2.67 bits per heavy atom. The second kappa shape index (κ2) is 2.14. The molecule has 0 fully saturated rings. The minimum atomic E-state index is -0.220. The van der Waals surface area contributed by atoms with E-state index in [4.69, 9.17) is 0 Å². The lowest BCUT2D eigenvalue weighted by Crippen LogP contribution is -2.12. The summed E-state index contributed by atoms with van der Waals surface area (Å²) in [5.41, 5.74) is 0.694. The van der Waals surface area contributed by atoms with Gasteiger partial charge < -0.3 is 0 Å². The van der Waals surface area contributed by atoms with Crippen molar-refractivity contribution in [2.45, 2.75) is 6.92 Å². The molecule has 0 saturated carbocycles. The normalized spacial score (nSPS) is 9.44. The van der Waals surface area contributed by atoms with Gasteiger partial charge in [0.1, 0.15) is 0 Å². The van der Waals surface area contributed by atoms with Crippen LogP contribution in [0.25, 0.3) is 0 Å². The topological polar surface area (TPSA) is 39.1 Å². The molecule has 0 aliphatic carbocycles. The van der Waals surface area contributed by atoms with E-state index in [1.54, 1.807) is 12.3 Å². The van der Waals surface area contributed by atoms with Gasteiger partial charge in [-0.05, 0) is 6.92 Å². The van der Waals surface area contributed by atoms with E-state index in [1.807, 2.05) is 0 Å². The van der Waals surface area contributed by atoms with E-state index in [0.29, 0.717) is 12.1 Å². The highest BCUT2D eigenvalue weighted by atomic mass is 32.1. The van der Waals surface area contributed by atoms with Gasteiger partial charge in [-0.1, -0.05) is 11.3 Å². The van der Waals surface area contributed by atoms with Crippen LogP contribution < -0.4 is 4.87 Å². The Balaban J connectivity index is 3.40. The number of aryl methyl sites for hydroxylation is 1. The molecule has 0 radical (unpaired) electrons. The van der Waals surface area contributed by atoms with Crippen LogP contribution in [0.1, 0.15) is 5.69 Å². The van der Waals surface area contributed by atoms with Crippen LogP contribution in [0.15, 0.2) is 10.2 Å². The van der Waals surface area contributed by atoms with Crippen molar-refractivity contribution in [1.82, 2.24) is 4.57 Å². The molecule has 48 valence electrons. The first-order valence-corrected chi connectivity index (χ1v) is 3.25. The van der Waals surface area contributed by atoms with E-state index in [-0.39, 0.29) is 4.87 Å². The lowest BCUT2D eigenvalue weighted by molar-refractivity contribution is 0.545. The molecule has 0 aromatic carbocycles. The molecule has 0 unspecified atom stereocenters. The summed E-state index contributed by atoms with van der Waals surface area (Å²) in [7, 11) is 0. The van der Waals surface area contributed by atoms with Crippen molar-refractivity contribution in [3.63, 3.8) is 0 Å². The molecule has 1 aromatic rings. The lowest BCUT2D eigenvalue weighted by atomic mass is 10.6. The first-order chi connectivity index (χ1) is 4.25. The minimum Gasteiger partial charge on any atom is -0.278 e. The smallest absolute Gasteiger partial charge is 0.278 e. The molecule has 0 saturated heterocycles. The van der Waals surface area contributed by atoms with Gasteiger partial charge in [-0.3, -0.25) is 9.59 Å². The summed E-state index contributed by atoms with van der Waals surface area (Å²) >= 11 is 1.03. The van der Waals surface area contributed by atoms with E-state index in [9.17, 15) is 9.59 Å². The van der Waals surface area contributed by atoms with E-state index in [1.165, 1.54) is 0 Å². The van der Waals surface area contributed by atoms with Crippen molar-refractivity contribution >= 4 is 17.7 Å². The van der Waals surface area contributed by atoms with Crippen LogP contribution in [0.2, 0.25) is 0 Å². The zero-order chi connectivity index (χ0) is 6.85. The van der Waals surface area contributed by atoms with Gasteiger partial charge in [-0.15, -0.1) is 0 Å². The number of hydrogen-bond donors (Lipinski definition) is 0. The molecule has 0 atom stereocenters. The van der Waals surface area contributed by atoms with Crippen LogP contribution in [0.4, 0.5) is 0 Å². The zero-order valence-corrected chi connectivity index (χ0v) is 5.64. The fourth-order valence-electron chi connectivity index (χ4n) is 0.519. The number of rotatable bonds is 1. The van der Waals surface area contributed by atoms with Gasteiger partial charge in [0.15, 0.2) is 0 Å². The number of aromatic nitrogens is 1. The first kappa shape index (κ1) is 6.22. The fourth-order valence-corrected chi connectivity index (χ4v) is 1.20. The summed E-state index contributed by atoms with van der Waals surface area (Å²) in [4.78, 5) is 20.5. The van der Waals surface area contributed by atoms with Crippen LogP contribution in [-0.4, -0.2) is 11.0 Å². The van der Waals surface area contributed by atoms with Crippen molar-refractivity contribution in [2.75, 3.05) is 0 Å². The third kappa shape index (κ3) is 0.929. The predicted octanol–water partition coefficient (Wildman–Crippen LogP) is 0.257. The summed E-state index contributed by atoms with van der Waals surface area (Å²) < 4.78 is 1.07. The van der Waals surface area contributed by atoms with E-state index in [0.717, 1.165) is 15.9 Å². The Morgan fingerprint density at radius 1 is 1.78 bits per heavy atom. The summed E-state index contributed by atoms with van der Waals surface area (Å²) in [6.45, 7) is 1.71. The average molecular weight is 143 g/mol. The maximum absolute atomic E-state index is 10.6. The standard InChI is InChI=1S/C5H5NO2S/c1-4-2-9-5(8)6(4)3-7/h2-3H,1H3. The SMILES string of the molecule is Cc1csc(=O)n1C=O. The molecule has 0 N–H and O–H groups in total. The van der Waals surface area contributed by atoms with Crippen molar-refractivity contribution in [3.05, 3.63) is 20.7 Å². The molecular formula is C5H5NO2S. The molecule has 0 aliphatic heterocycles. The maximum Gasteiger partial charge on any atom is 0.313 e. The lowest BCUT2D eigenvalue weighted by Gasteiger charge is -1.85. The molecule has 0 amide bonds. The van der Waals surface area contributed by atoms with E-state index in [2.05, 4.69) is 0 Å². The molecule has 1 heterocycles. The molecule has 1 aromatic heterocycles. The zero-order valence-electron chi connectivity index (χ0n) is 4.83. The molecule has 0 spiro atoms. The highest BCUT2D eigenvalue weighted by molar-refractivity contribution is 7.07. The van der Waals surface area contributed by atoms with Crippen molar-refractivity contribution < 1.29 is 4.79 Å². The summed E-state index contributed by atoms with van der Waals surface area (Å²) in [5.74, 6) is 0. The molecule has 3 nitrogen and oxygen atoms in total. The van der Waals surface area contributed by atoms with Crippen LogP contribution >= 0.6 is 11.3 Å². The van der Waals surface area contributed by atoms with E-state index >= 15 is 0 Å². The Bertz CT molecular complexity index is 273. The third-order valence-electron chi connectivity index (χ3n) is 1.01. The quantitative estimate of drug-likeness (QED) is 0.529. The van der Waals surface area contributed by atoms with Gasteiger partial charge in [0, 0.05) is 11.1 Å². The second-order valence-electron chi connectivity index (χ2n) is 1.62. The Labute approximate surface area is 55.6 Å². The number of hydrogen-bond acceptors (Lipinski definition) is 3. The van der Waals surface area contributed by atoms with E-state index < -0.39 is 0 Å². The summed E-state index contributed by atoms with van der Waals surface area (Å²) in [6.07, 6.45) is 0.522. The summed E-state index contributed by atoms with van der Waals surface area (Å²) in [6, 6.07) is 0. The van der Waals surface area contributed by atoms with Crippen LogP contribution in [-0.2, 0) is 4.79 Å². The van der Waals surface area contributed by atoms with Crippen molar-refractivity contribution in [3.8, 4) is 0 Å². The van der Waals surface area contributed by atoms with Crippen LogP contribution in [0, 0.1) is 6.92 Å². The summed E-state index contributed by atoms with van der Waals surface area (Å²) in [5, 5.41) is 1.65. The molecule has 9 heavy (non-hydrogen) atoms. The fraction of sp³-hybridized carbons (Fsp3) is 0.200. The molecule has 1 rings (SSSR count). The van der Waals surface area contributed by atoms with Gasteiger partial charge >= 0.3 is 4.87 Å². The van der Waals surface area contributed by atoms with Gasteiger partial charge in [0.25, 0.3) is 0 Å². The Hall–Kier alpha value is -0.900. The minimum absolute atomic E-state index is 0.220. The van der Waals surface area contributed by atoms with Crippen LogP contribution in [0.5, 0.6) is 0 Å². The van der Waals surface area contributed by atoms with Gasteiger partial charge in [-0.2, -0.15) is 0 Å². The first-order valence-electron chi connectivity index (χ1n) is 2.37.